The highest BCUT2D eigenvalue weighted by Crippen LogP contribution is 2.37. The summed E-state index contributed by atoms with van der Waals surface area (Å²) in [4.78, 5) is 0. The number of allylic oxidation sites excluding steroid dienone is 1. The minimum Gasteiger partial charge on any atom is -0.206 e. The summed E-state index contributed by atoms with van der Waals surface area (Å²) >= 11 is 0. The summed E-state index contributed by atoms with van der Waals surface area (Å²) in [6, 6.07) is 6.86. The standard InChI is InChI=1S/C24H16F6/c1-2-12-7-18(25)22(19(26)8-12)14-4-6-16-13(9-14)3-5-17(23(16)29)15-10-20(27)24(30)21(28)11-15/h3,5,7-11H,2,4,6H2,1H3. The first-order valence-electron chi connectivity index (χ1n) is 9.45. The van der Waals surface area contributed by atoms with Crippen LogP contribution in [0.1, 0.15) is 35.6 Å². The first-order chi connectivity index (χ1) is 14.3. The second-order valence-electron chi connectivity index (χ2n) is 7.21. The maximum atomic E-state index is 15.1. The first-order valence-corrected chi connectivity index (χ1v) is 9.45. The van der Waals surface area contributed by atoms with Crippen LogP contribution in [0.25, 0.3) is 22.8 Å². The third-order valence-electron chi connectivity index (χ3n) is 5.38. The Hall–Kier alpha value is -3.02. The molecule has 0 saturated heterocycles. The van der Waals surface area contributed by atoms with E-state index < -0.39 is 34.9 Å². The number of halogens is 6. The molecule has 30 heavy (non-hydrogen) atoms. The number of hydrogen-bond donors (Lipinski definition) is 0. The van der Waals surface area contributed by atoms with Crippen molar-refractivity contribution in [3.63, 3.8) is 0 Å². The van der Waals surface area contributed by atoms with Crippen LogP contribution in [0, 0.1) is 34.9 Å². The Kier molecular flexibility index (Phi) is 5.18. The van der Waals surface area contributed by atoms with E-state index in [9.17, 15) is 22.0 Å². The monoisotopic (exact) mass is 418 g/mol. The molecule has 3 aromatic carbocycles. The van der Waals surface area contributed by atoms with E-state index in [1.807, 2.05) is 0 Å². The number of fused-ring (bicyclic) bond motifs is 1. The highest BCUT2D eigenvalue weighted by Gasteiger charge is 2.23. The van der Waals surface area contributed by atoms with E-state index in [0.29, 0.717) is 23.1 Å². The lowest BCUT2D eigenvalue weighted by molar-refractivity contribution is 0.447. The van der Waals surface area contributed by atoms with Crippen LogP contribution in [0.15, 0.2) is 36.4 Å². The van der Waals surface area contributed by atoms with Gasteiger partial charge in [0.2, 0.25) is 0 Å². The van der Waals surface area contributed by atoms with E-state index in [-0.39, 0.29) is 35.1 Å². The molecular formula is C24H16F6. The Morgan fingerprint density at radius 1 is 0.733 bits per heavy atom. The van der Waals surface area contributed by atoms with E-state index in [1.54, 1.807) is 6.92 Å². The van der Waals surface area contributed by atoms with Crippen molar-refractivity contribution in [3.05, 3.63) is 93.6 Å². The summed E-state index contributed by atoms with van der Waals surface area (Å²) in [6.07, 6.45) is 2.36. The Labute approximate surface area is 169 Å². The molecule has 1 aliphatic rings. The molecule has 1 aliphatic carbocycles. The molecule has 0 bridgehead atoms. The topological polar surface area (TPSA) is 0 Å². The number of benzene rings is 3. The molecule has 0 aromatic heterocycles. The van der Waals surface area contributed by atoms with Crippen molar-refractivity contribution in [2.24, 2.45) is 0 Å². The summed E-state index contributed by atoms with van der Waals surface area (Å²) in [5.74, 6) is -6.48. The molecule has 4 rings (SSSR count). The van der Waals surface area contributed by atoms with E-state index in [4.69, 9.17) is 0 Å². The van der Waals surface area contributed by atoms with Crippen molar-refractivity contribution in [1.82, 2.24) is 0 Å². The van der Waals surface area contributed by atoms with Crippen molar-refractivity contribution >= 4 is 11.6 Å². The maximum Gasteiger partial charge on any atom is 0.194 e. The Morgan fingerprint density at radius 3 is 1.97 bits per heavy atom. The SMILES string of the molecule is CCc1cc(F)c(C2=Cc3ccc(-c4cc(F)c(F)c(F)c4)c(F)c3CC2)c(F)c1. The lowest BCUT2D eigenvalue weighted by Gasteiger charge is -2.20. The first kappa shape index (κ1) is 20.3. The molecule has 0 saturated carbocycles. The number of aryl methyl sites for hydroxylation is 1. The molecule has 0 fully saturated rings. The van der Waals surface area contributed by atoms with Crippen LogP contribution in [0.5, 0.6) is 0 Å². The Morgan fingerprint density at radius 2 is 1.37 bits per heavy atom. The van der Waals surface area contributed by atoms with Crippen molar-refractivity contribution in [3.8, 4) is 11.1 Å². The van der Waals surface area contributed by atoms with Gasteiger partial charge in [-0.05, 0) is 71.4 Å². The fourth-order valence-corrected chi connectivity index (χ4v) is 3.81. The van der Waals surface area contributed by atoms with Gasteiger partial charge in [-0.2, -0.15) is 0 Å². The van der Waals surface area contributed by atoms with E-state index in [2.05, 4.69) is 0 Å². The van der Waals surface area contributed by atoms with Crippen LogP contribution >= 0.6 is 0 Å². The van der Waals surface area contributed by atoms with E-state index in [0.717, 1.165) is 12.1 Å². The lowest BCUT2D eigenvalue weighted by atomic mass is 9.86. The van der Waals surface area contributed by atoms with Crippen molar-refractivity contribution < 1.29 is 26.3 Å². The van der Waals surface area contributed by atoms with Gasteiger partial charge in [-0.1, -0.05) is 25.1 Å². The van der Waals surface area contributed by atoms with Crippen LogP contribution in [-0.4, -0.2) is 0 Å². The van der Waals surface area contributed by atoms with Crippen molar-refractivity contribution in [1.29, 1.82) is 0 Å². The smallest absolute Gasteiger partial charge is 0.194 e. The minimum atomic E-state index is -1.62. The van der Waals surface area contributed by atoms with Gasteiger partial charge < -0.3 is 0 Å². The molecule has 0 aliphatic heterocycles. The molecular weight excluding hydrogens is 402 g/mol. The lowest BCUT2D eigenvalue weighted by Crippen LogP contribution is -2.06. The van der Waals surface area contributed by atoms with Crippen LogP contribution in [0.4, 0.5) is 26.3 Å². The van der Waals surface area contributed by atoms with Crippen LogP contribution < -0.4 is 0 Å². The third kappa shape index (κ3) is 3.40. The molecule has 0 nitrogen and oxygen atoms in total. The van der Waals surface area contributed by atoms with Gasteiger partial charge in [0.15, 0.2) is 17.5 Å². The summed E-state index contributed by atoms with van der Waals surface area (Å²) in [6.45, 7) is 1.79. The molecule has 0 radical (unpaired) electrons. The zero-order chi connectivity index (χ0) is 21.6. The molecule has 3 aromatic rings. The molecule has 154 valence electrons. The van der Waals surface area contributed by atoms with Crippen molar-refractivity contribution in [2.75, 3.05) is 0 Å². The third-order valence-corrected chi connectivity index (χ3v) is 5.38. The molecule has 0 N–H and O–H groups in total. The van der Waals surface area contributed by atoms with Gasteiger partial charge in [-0.25, -0.2) is 26.3 Å². The van der Waals surface area contributed by atoms with Gasteiger partial charge in [-0.3, -0.25) is 0 Å². The highest BCUT2D eigenvalue weighted by molar-refractivity contribution is 5.86. The average molecular weight is 418 g/mol. The van der Waals surface area contributed by atoms with Gasteiger partial charge in [0.1, 0.15) is 17.5 Å². The van der Waals surface area contributed by atoms with Gasteiger partial charge >= 0.3 is 0 Å². The molecule has 0 amide bonds. The molecule has 0 unspecified atom stereocenters. The second-order valence-corrected chi connectivity index (χ2v) is 7.21. The maximum absolute atomic E-state index is 15.1. The van der Waals surface area contributed by atoms with Gasteiger partial charge in [-0.15, -0.1) is 0 Å². The largest absolute Gasteiger partial charge is 0.206 e. The predicted molar refractivity (Wildman–Crippen MR) is 104 cm³/mol. The predicted octanol–water partition coefficient (Wildman–Crippen LogP) is 7.24. The quantitative estimate of drug-likeness (QED) is 0.311. The Bertz CT molecular complexity index is 1150. The second kappa shape index (κ2) is 7.67. The van der Waals surface area contributed by atoms with Crippen LogP contribution in [0.3, 0.4) is 0 Å². The zero-order valence-corrected chi connectivity index (χ0v) is 15.9. The molecule has 0 spiro atoms. The van der Waals surface area contributed by atoms with E-state index in [1.165, 1.54) is 30.3 Å². The summed E-state index contributed by atoms with van der Waals surface area (Å²) in [5, 5.41) is 0. The van der Waals surface area contributed by atoms with Crippen molar-refractivity contribution in [2.45, 2.75) is 26.2 Å². The summed E-state index contributed by atoms with van der Waals surface area (Å²) < 4.78 is 84.3. The van der Waals surface area contributed by atoms with Crippen LogP contribution in [0.2, 0.25) is 0 Å². The molecule has 6 heteroatoms. The summed E-state index contributed by atoms with van der Waals surface area (Å²) in [7, 11) is 0. The van der Waals surface area contributed by atoms with Gasteiger partial charge in [0, 0.05) is 11.1 Å². The number of hydrogen-bond acceptors (Lipinski definition) is 0. The fourth-order valence-electron chi connectivity index (χ4n) is 3.81. The fraction of sp³-hybridized carbons (Fsp3) is 0.167. The van der Waals surface area contributed by atoms with Crippen LogP contribution in [-0.2, 0) is 12.8 Å². The normalized spacial score (nSPS) is 13.2. The van der Waals surface area contributed by atoms with E-state index >= 15 is 4.39 Å². The van der Waals surface area contributed by atoms with Gasteiger partial charge in [0.25, 0.3) is 0 Å². The highest BCUT2D eigenvalue weighted by atomic mass is 19.2. The Balaban J connectivity index is 1.78. The molecule has 0 heterocycles. The minimum absolute atomic E-state index is 0.0759. The molecule has 0 atom stereocenters. The van der Waals surface area contributed by atoms with Gasteiger partial charge in [0.05, 0.1) is 0 Å². The summed E-state index contributed by atoms with van der Waals surface area (Å²) in [5.41, 5.74) is 1.31. The number of rotatable bonds is 3. The average Bonchev–Trinajstić information content (AvgIpc) is 2.71. The zero-order valence-electron chi connectivity index (χ0n) is 15.9.